The first-order valence-corrected chi connectivity index (χ1v) is 6.69. The van der Waals surface area contributed by atoms with E-state index in [4.69, 9.17) is 11.6 Å². The molecular formula is C13H7ClF4N3O2. The minimum Gasteiger partial charge on any atom is -0.305 e. The van der Waals surface area contributed by atoms with Gasteiger partial charge in [-0.05, 0) is 6.07 Å². The topological polar surface area (TPSA) is 55.8 Å². The van der Waals surface area contributed by atoms with Crippen molar-refractivity contribution in [2.45, 2.75) is 6.18 Å². The Balaban J connectivity index is 2.14. The predicted octanol–water partition coefficient (Wildman–Crippen LogP) is 3.09. The minimum absolute atomic E-state index is 0.00593. The Labute approximate surface area is 132 Å². The molecule has 2 heterocycles. The molecule has 5 nitrogen and oxygen atoms in total. The van der Waals surface area contributed by atoms with E-state index < -0.39 is 40.1 Å². The average Bonchev–Trinajstić information content (AvgIpc) is 2.90. The van der Waals surface area contributed by atoms with Crippen LogP contribution in [-0.2, 0) is 9.90 Å². The van der Waals surface area contributed by atoms with Crippen molar-refractivity contribution in [1.82, 2.24) is 4.90 Å². The van der Waals surface area contributed by atoms with Crippen molar-refractivity contribution in [3.05, 3.63) is 34.7 Å². The third-order valence-electron chi connectivity index (χ3n) is 3.32. The third-order valence-corrected chi connectivity index (χ3v) is 3.62. The van der Waals surface area contributed by atoms with Gasteiger partial charge in [0.05, 0.1) is 17.3 Å². The van der Waals surface area contributed by atoms with E-state index in [0.29, 0.717) is 17.0 Å². The zero-order valence-corrected chi connectivity index (χ0v) is 12.0. The van der Waals surface area contributed by atoms with Crippen LogP contribution in [0, 0.1) is 5.82 Å². The molecular weight excluding hydrogens is 342 g/mol. The number of allylic oxidation sites excluding steroid dienone is 1. The molecule has 121 valence electrons. The quantitative estimate of drug-likeness (QED) is 0.732. The van der Waals surface area contributed by atoms with Crippen molar-refractivity contribution in [3.8, 4) is 5.75 Å². The Bertz CT molecular complexity index is 760. The fourth-order valence-corrected chi connectivity index (χ4v) is 2.51. The fourth-order valence-electron chi connectivity index (χ4n) is 2.36. The number of nitrogens with zero attached hydrogens (tertiary/aromatic N) is 3. The van der Waals surface area contributed by atoms with Gasteiger partial charge in [-0.25, -0.2) is 9.29 Å². The van der Waals surface area contributed by atoms with Crippen LogP contribution < -0.4 is 4.90 Å². The molecule has 1 aromatic carbocycles. The summed E-state index contributed by atoms with van der Waals surface area (Å²) < 4.78 is 53.0. The molecule has 1 radical (unpaired) electrons. The molecule has 0 N–H and O–H groups in total. The van der Waals surface area contributed by atoms with Crippen molar-refractivity contribution >= 4 is 29.2 Å². The second kappa shape index (κ2) is 5.12. The van der Waals surface area contributed by atoms with Crippen LogP contribution >= 0.6 is 11.6 Å². The van der Waals surface area contributed by atoms with Gasteiger partial charge in [-0.15, -0.1) is 0 Å². The van der Waals surface area contributed by atoms with Crippen LogP contribution in [0.2, 0.25) is 5.02 Å². The van der Waals surface area contributed by atoms with E-state index >= 15 is 0 Å². The zero-order chi connectivity index (χ0) is 16.9. The number of guanidine groups is 1. The SMILES string of the molecule is [O]c1cc(N2C(=O)C=C(C(F)(F)F)N3CCN=C32)c(F)cc1Cl. The molecule has 10 heteroatoms. The Kier molecular flexibility index (Phi) is 3.47. The Hall–Kier alpha value is -2.29. The van der Waals surface area contributed by atoms with Crippen molar-refractivity contribution in [2.24, 2.45) is 4.99 Å². The number of hydrogen-bond acceptors (Lipinski definition) is 3. The highest BCUT2D eigenvalue weighted by Gasteiger charge is 2.47. The number of alkyl halides is 3. The lowest BCUT2D eigenvalue weighted by Gasteiger charge is -2.35. The van der Waals surface area contributed by atoms with Gasteiger partial charge in [0.2, 0.25) is 5.96 Å². The van der Waals surface area contributed by atoms with E-state index in [1.54, 1.807) is 0 Å². The Morgan fingerprint density at radius 3 is 2.61 bits per heavy atom. The number of anilines is 1. The Morgan fingerprint density at radius 2 is 1.96 bits per heavy atom. The smallest absolute Gasteiger partial charge is 0.305 e. The van der Waals surface area contributed by atoms with Crippen molar-refractivity contribution < 1.29 is 27.5 Å². The maximum Gasteiger partial charge on any atom is 0.431 e. The number of fused-ring (bicyclic) bond motifs is 1. The molecule has 0 saturated carbocycles. The monoisotopic (exact) mass is 348 g/mol. The molecule has 1 aromatic rings. The molecule has 0 bridgehead atoms. The van der Waals surface area contributed by atoms with Crippen molar-refractivity contribution in [1.29, 1.82) is 0 Å². The van der Waals surface area contributed by atoms with Crippen molar-refractivity contribution in [2.75, 3.05) is 18.0 Å². The number of hydrogen-bond donors (Lipinski definition) is 0. The zero-order valence-electron chi connectivity index (χ0n) is 11.2. The predicted molar refractivity (Wildman–Crippen MR) is 72.2 cm³/mol. The highest BCUT2D eigenvalue weighted by atomic mass is 35.5. The third kappa shape index (κ3) is 2.50. The van der Waals surface area contributed by atoms with E-state index in [-0.39, 0.29) is 19.0 Å². The van der Waals surface area contributed by atoms with E-state index in [9.17, 15) is 27.5 Å². The maximum atomic E-state index is 14.0. The molecule has 0 aromatic heterocycles. The van der Waals surface area contributed by atoms with Gasteiger partial charge in [0.1, 0.15) is 11.5 Å². The largest absolute Gasteiger partial charge is 0.431 e. The number of benzene rings is 1. The minimum atomic E-state index is -4.75. The van der Waals surface area contributed by atoms with Crippen LogP contribution in [0.15, 0.2) is 28.9 Å². The first kappa shape index (κ1) is 15.6. The number of aliphatic imine (C=N–C) groups is 1. The molecule has 0 aliphatic carbocycles. The number of carbonyl (C=O) groups is 1. The van der Waals surface area contributed by atoms with E-state index in [1.807, 2.05) is 0 Å². The van der Waals surface area contributed by atoms with Crippen LogP contribution in [0.1, 0.15) is 0 Å². The molecule has 2 aliphatic heterocycles. The number of carbonyl (C=O) groups excluding carboxylic acids is 1. The van der Waals surface area contributed by atoms with Gasteiger partial charge < -0.3 is 4.90 Å². The number of rotatable bonds is 1. The maximum absolute atomic E-state index is 14.0. The summed E-state index contributed by atoms with van der Waals surface area (Å²) in [6.07, 6.45) is -4.40. The summed E-state index contributed by atoms with van der Waals surface area (Å²) in [5.74, 6) is -3.28. The van der Waals surface area contributed by atoms with Gasteiger partial charge >= 0.3 is 6.18 Å². The first-order valence-electron chi connectivity index (χ1n) is 6.31. The van der Waals surface area contributed by atoms with Gasteiger partial charge in [-0.3, -0.25) is 14.9 Å². The molecule has 0 atom stereocenters. The molecule has 23 heavy (non-hydrogen) atoms. The second-order valence-corrected chi connectivity index (χ2v) is 5.18. The summed E-state index contributed by atoms with van der Waals surface area (Å²) in [4.78, 5) is 17.3. The molecule has 3 rings (SSSR count). The summed E-state index contributed by atoms with van der Waals surface area (Å²) in [5.41, 5.74) is -1.67. The Morgan fingerprint density at radius 1 is 1.26 bits per heavy atom. The molecule has 0 spiro atoms. The van der Waals surface area contributed by atoms with Crippen LogP contribution in [0.5, 0.6) is 5.75 Å². The van der Waals surface area contributed by atoms with Crippen LogP contribution in [-0.4, -0.2) is 36.0 Å². The fraction of sp³-hybridized carbons (Fsp3) is 0.231. The van der Waals surface area contributed by atoms with Gasteiger partial charge in [0, 0.05) is 18.7 Å². The van der Waals surface area contributed by atoms with Crippen LogP contribution in [0.4, 0.5) is 23.2 Å². The van der Waals surface area contributed by atoms with Crippen LogP contribution in [0.25, 0.3) is 0 Å². The van der Waals surface area contributed by atoms with Crippen molar-refractivity contribution in [3.63, 3.8) is 0 Å². The summed E-state index contributed by atoms with van der Waals surface area (Å²) in [7, 11) is 0. The van der Waals surface area contributed by atoms with Gasteiger partial charge in [0.15, 0.2) is 5.75 Å². The lowest BCUT2D eigenvalue weighted by Crippen LogP contribution is -2.51. The number of halogens is 5. The average molecular weight is 349 g/mol. The van der Waals surface area contributed by atoms with Gasteiger partial charge in [-0.1, -0.05) is 11.6 Å². The molecule has 0 fully saturated rings. The summed E-state index contributed by atoms with van der Waals surface area (Å²) >= 11 is 5.50. The van der Waals surface area contributed by atoms with E-state index in [1.165, 1.54) is 0 Å². The van der Waals surface area contributed by atoms with E-state index in [0.717, 1.165) is 11.0 Å². The van der Waals surface area contributed by atoms with Gasteiger partial charge in [-0.2, -0.15) is 13.2 Å². The van der Waals surface area contributed by atoms with Crippen LogP contribution in [0.3, 0.4) is 0 Å². The lowest BCUT2D eigenvalue weighted by molar-refractivity contribution is -0.119. The highest BCUT2D eigenvalue weighted by Crippen LogP contribution is 2.38. The second-order valence-electron chi connectivity index (χ2n) is 4.77. The highest BCUT2D eigenvalue weighted by molar-refractivity contribution is 6.32. The van der Waals surface area contributed by atoms with E-state index in [2.05, 4.69) is 4.99 Å². The van der Waals surface area contributed by atoms with Gasteiger partial charge in [0.25, 0.3) is 5.91 Å². The molecule has 0 unspecified atom stereocenters. The summed E-state index contributed by atoms with van der Waals surface area (Å²) in [6.45, 7) is -0.101. The molecule has 0 saturated heterocycles. The number of amides is 1. The summed E-state index contributed by atoms with van der Waals surface area (Å²) in [5, 5.41) is 11.2. The molecule has 1 amide bonds. The first-order chi connectivity index (χ1) is 10.7. The molecule has 2 aliphatic rings. The lowest BCUT2D eigenvalue weighted by atomic mass is 10.2. The normalized spacial score (nSPS) is 18.0. The standard InChI is InChI=1S/C13H7ClF4N3O2/c14-6-3-7(15)8(4-9(6)22)21-11(23)5-10(13(16,17)18)20-2-1-19-12(20)21/h3-5H,1-2H2. The summed E-state index contributed by atoms with van der Waals surface area (Å²) in [6, 6.07) is 1.45.